The van der Waals surface area contributed by atoms with E-state index in [9.17, 15) is 18.4 Å². The average molecular weight is 568 g/mol. The monoisotopic (exact) mass is 567 g/mol. The van der Waals surface area contributed by atoms with Crippen LogP contribution in [0.1, 0.15) is 39.0 Å². The second kappa shape index (κ2) is 11.6. The number of carbonyl (C=O) groups is 2. The van der Waals surface area contributed by atoms with Crippen LogP contribution in [0.2, 0.25) is 0 Å². The molecule has 2 atom stereocenters. The molecule has 0 radical (unpaired) electrons. The topological polar surface area (TPSA) is 53.1 Å². The maximum atomic E-state index is 14.5. The van der Waals surface area contributed by atoms with Crippen LogP contribution in [0.5, 0.6) is 5.75 Å². The van der Waals surface area contributed by atoms with Gasteiger partial charge in [-0.15, -0.1) is 0 Å². The molecule has 8 heteroatoms. The number of para-hydroxylation sites is 1. The van der Waals surface area contributed by atoms with Crippen molar-refractivity contribution in [3.8, 4) is 5.75 Å². The first-order chi connectivity index (χ1) is 20.4. The summed E-state index contributed by atoms with van der Waals surface area (Å²) in [5, 5.41) is 0. The molecule has 4 aromatic carbocycles. The average Bonchev–Trinajstić information content (AvgIpc) is 3.03. The summed E-state index contributed by atoms with van der Waals surface area (Å²) in [7, 11) is 1.59. The van der Waals surface area contributed by atoms with Crippen LogP contribution in [0.25, 0.3) is 0 Å². The molecule has 42 heavy (non-hydrogen) atoms. The van der Waals surface area contributed by atoms with Crippen LogP contribution in [0.4, 0.5) is 14.5 Å². The summed E-state index contributed by atoms with van der Waals surface area (Å²) < 4.78 is 33.6. The third kappa shape index (κ3) is 5.20. The second-order valence-electron chi connectivity index (χ2n) is 10.6. The Kier molecular flexibility index (Phi) is 7.61. The number of hydrogen-bond acceptors (Lipinski definition) is 4. The number of ether oxygens (including phenoxy) is 1. The van der Waals surface area contributed by atoms with Crippen molar-refractivity contribution in [1.82, 2.24) is 9.80 Å². The SMILES string of the molecule is COc1ccc(C2C(C(=O)N3CCN(c4ccccc4F)CC3)c3ccccc3C(=O)N2Cc2ccc(F)cc2)cc1. The fourth-order valence-corrected chi connectivity index (χ4v) is 6.06. The van der Waals surface area contributed by atoms with Crippen LogP contribution < -0.4 is 9.64 Å². The van der Waals surface area contributed by atoms with E-state index in [-0.39, 0.29) is 30.0 Å². The van der Waals surface area contributed by atoms with Crippen molar-refractivity contribution in [1.29, 1.82) is 0 Å². The van der Waals surface area contributed by atoms with E-state index in [1.165, 1.54) is 18.2 Å². The van der Waals surface area contributed by atoms with Crippen molar-refractivity contribution >= 4 is 17.5 Å². The second-order valence-corrected chi connectivity index (χ2v) is 10.6. The van der Waals surface area contributed by atoms with Crippen LogP contribution in [0, 0.1) is 11.6 Å². The Morgan fingerprint density at radius 1 is 0.833 bits per heavy atom. The number of hydrogen-bond donors (Lipinski definition) is 0. The first-order valence-corrected chi connectivity index (χ1v) is 14.0. The lowest BCUT2D eigenvalue weighted by Crippen LogP contribution is -2.53. The zero-order valence-electron chi connectivity index (χ0n) is 23.3. The van der Waals surface area contributed by atoms with Gasteiger partial charge in [-0.2, -0.15) is 0 Å². The van der Waals surface area contributed by atoms with Gasteiger partial charge in [-0.25, -0.2) is 8.78 Å². The third-order valence-corrected chi connectivity index (χ3v) is 8.21. The highest BCUT2D eigenvalue weighted by Crippen LogP contribution is 2.45. The Morgan fingerprint density at radius 3 is 2.19 bits per heavy atom. The van der Waals surface area contributed by atoms with E-state index < -0.39 is 12.0 Å². The number of anilines is 1. The minimum absolute atomic E-state index is 0.0898. The summed E-state index contributed by atoms with van der Waals surface area (Å²) in [4.78, 5) is 34.0. The smallest absolute Gasteiger partial charge is 0.255 e. The Balaban J connectivity index is 1.38. The number of rotatable bonds is 6. The predicted octanol–water partition coefficient (Wildman–Crippen LogP) is 5.80. The molecular formula is C34H31F2N3O3. The van der Waals surface area contributed by atoms with Crippen LogP contribution in [-0.2, 0) is 11.3 Å². The van der Waals surface area contributed by atoms with Crippen LogP contribution in [-0.4, -0.2) is 54.9 Å². The fourth-order valence-electron chi connectivity index (χ4n) is 6.06. The minimum atomic E-state index is -0.673. The maximum Gasteiger partial charge on any atom is 0.255 e. The molecule has 4 aromatic rings. The number of benzene rings is 4. The highest BCUT2D eigenvalue weighted by molar-refractivity contribution is 6.01. The van der Waals surface area contributed by atoms with Crippen LogP contribution in [0.15, 0.2) is 97.1 Å². The molecule has 2 aliphatic heterocycles. The lowest BCUT2D eigenvalue weighted by Gasteiger charge is -2.45. The van der Waals surface area contributed by atoms with E-state index in [4.69, 9.17) is 4.74 Å². The molecule has 0 N–H and O–H groups in total. The lowest BCUT2D eigenvalue weighted by atomic mass is 9.78. The number of halogens is 2. The van der Waals surface area contributed by atoms with Gasteiger partial charge in [0.15, 0.2) is 0 Å². The first kappa shape index (κ1) is 27.4. The molecule has 6 rings (SSSR count). The number of piperazine rings is 1. The van der Waals surface area contributed by atoms with Crippen molar-refractivity contribution in [3.05, 3.63) is 131 Å². The summed E-state index contributed by atoms with van der Waals surface area (Å²) in [5.41, 5.74) is 3.24. The molecule has 214 valence electrons. The van der Waals surface area contributed by atoms with Crippen molar-refractivity contribution in [2.75, 3.05) is 38.2 Å². The summed E-state index contributed by atoms with van der Waals surface area (Å²) in [5.74, 6) is -0.931. The van der Waals surface area contributed by atoms with E-state index >= 15 is 0 Å². The standard InChI is InChI=1S/C34H31F2N3O3/c1-42-26-16-12-24(13-17-26)32-31(34(41)38-20-18-37(19-21-38)30-9-5-4-8-29(30)36)27-6-2-3-7-28(27)33(40)39(32)22-23-10-14-25(35)15-11-23/h2-17,31-32H,18-22H2,1H3. The molecule has 2 unspecified atom stereocenters. The predicted molar refractivity (Wildman–Crippen MR) is 156 cm³/mol. The van der Waals surface area contributed by atoms with Crippen molar-refractivity contribution in [3.63, 3.8) is 0 Å². The summed E-state index contributed by atoms with van der Waals surface area (Å²) in [6.45, 7) is 2.04. The zero-order chi connectivity index (χ0) is 29.2. The summed E-state index contributed by atoms with van der Waals surface area (Å²) >= 11 is 0. The van der Waals surface area contributed by atoms with Crippen LogP contribution >= 0.6 is 0 Å². The number of methoxy groups -OCH3 is 1. The fraction of sp³-hybridized carbons (Fsp3) is 0.235. The van der Waals surface area contributed by atoms with Gasteiger partial charge in [0.25, 0.3) is 5.91 Å². The maximum absolute atomic E-state index is 14.5. The quantitative estimate of drug-likeness (QED) is 0.296. The Morgan fingerprint density at radius 2 is 1.50 bits per heavy atom. The Labute approximate surface area is 243 Å². The molecule has 1 saturated heterocycles. The van der Waals surface area contributed by atoms with E-state index in [1.54, 1.807) is 54.5 Å². The largest absolute Gasteiger partial charge is 0.497 e. The van der Waals surface area contributed by atoms with E-state index in [0.29, 0.717) is 48.7 Å². The van der Waals surface area contributed by atoms with Gasteiger partial charge in [0.2, 0.25) is 5.91 Å². The third-order valence-electron chi connectivity index (χ3n) is 8.21. The van der Waals surface area contributed by atoms with Crippen molar-refractivity contribution < 1.29 is 23.1 Å². The molecule has 2 heterocycles. The van der Waals surface area contributed by atoms with E-state index in [1.807, 2.05) is 46.2 Å². The molecule has 0 aliphatic carbocycles. The van der Waals surface area contributed by atoms with Crippen LogP contribution in [0.3, 0.4) is 0 Å². The first-order valence-electron chi connectivity index (χ1n) is 14.0. The van der Waals surface area contributed by atoms with Gasteiger partial charge in [0.05, 0.1) is 24.8 Å². The number of carbonyl (C=O) groups excluding carboxylic acids is 2. The molecule has 0 bridgehead atoms. The normalized spacial score (nSPS) is 18.5. The van der Waals surface area contributed by atoms with Crippen molar-refractivity contribution in [2.24, 2.45) is 0 Å². The van der Waals surface area contributed by atoms with Gasteiger partial charge in [0, 0.05) is 38.3 Å². The molecular weight excluding hydrogens is 536 g/mol. The summed E-state index contributed by atoms with van der Waals surface area (Å²) in [6, 6.07) is 26.8. The lowest BCUT2D eigenvalue weighted by molar-refractivity contribution is -0.135. The number of nitrogens with zero attached hydrogens (tertiary/aromatic N) is 3. The number of amides is 2. The molecule has 0 saturated carbocycles. The molecule has 6 nitrogen and oxygen atoms in total. The zero-order valence-corrected chi connectivity index (χ0v) is 23.3. The Bertz CT molecular complexity index is 1580. The molecule has 1 fully saturated rings. The van der Waals surface area contributed by atoms with Crippen molar-refractivity contribution in [2.45, 2.75) is 18.5 Å². The van der Waals surface area contributed by atoms with Gasteiger partial charge in [-0.1, -0.05) is 54.6 Å². The summed E-state index contributed by atoms with van der Waals surface area (Å²) in [6.07, 6.45) is 0. The van der Waals surface area contributed by atoms with Gasteiger partial charge in [-0.05, 0) is 59.2 Å². The number of fused-ring (bicyclic) bond motifs is 1. The molecule has 0 spiro atoms. The molecule has 2 amide bonds. The van der Waals surface area contributed by atoms with Gasteiger partial charge < -0.3 is 19.4 Å². The minimum Gasteiger partial charge on any atom is -0.497 e. The Hall–Kier alpha value is -4.72. The highest BCUT2D eigenvalue weighted by Gasteiger charge is 2.45. The van der Waals surface area contributed by atoms with Gasteiger partial charge in [0.1, 0.15) is 17.4 Å². The highest BCUT2D eigenvalue weighted by atomic mass is 19.1. The van der Waals surface area contributed by atoms with Gasteiger partial charge in [-0.3, -0.25) is 9.59 Å². The van der Waals surface area contributed by atoms with E-state index in [0.717, 1.165) is 11.1 Å². The molecule has 0 aromatic heterocycles. The molecule has 2 aliphatic rings. The van der Waals surface area contributed by atoms with Gasteiger partial charge >= 0.3 is 0 Å². The van der Waals surface area contributed by atoms with E-state index in [2.05, 4.69) is 0 Å².